The molecule has 0 fully saturated rings. The number of carbonyl (C=O) groups excluding carboxylic acids is 1. The van der Waals surface area contributed by atoms with Gasteiger partial charge >= 0.3 is 0 Å². The van der Waals surface area contributed by atoms with E-state index in [9.17, 15) is 13.2 Å². The van der Waals surface area contributed by atoms with E-state index in [1.54, 1.807) is 32.0 Å². The van der Waals surface area contributed by atoms with Crippen molar-refractivity contribution < 1.29 is 17.9 Å². The number of para-hydroxylation sites is 1. The summed E-state index contributed by atoms with van der Waals surface area (Å²) in [4.78, 5) is 12.7. The summed E-state index contributed by atoms with van der Waals surface area (Å²) in [6, 6.07) is 11.9. The van der Waals surface area contributed by atoms with Crippen LogP contribution in [0.1, 0.15) is 31.4 Å². The second-order valence-corrected chi connectivity index (χ2v) is 9.40. The minimum atomic E-state index is -3.69. The Morgan fingerprint density at radius 2 is 1.93 bits per heavy atom. The number of nitrogens with zero attached hydrogens (tertiary/aromatic N) is 1. The van der Waals surface area contributed by atoms with Gasteiger partial charge in [-0.1, -0.05) is 35.9 Å². The molecule has 8 heteroatoms. The second kappa shape index (κ2) is 10.7. The summed E-state index contributed by atoms with van der Waals surface area (Å²) in [7, 11) is -3.69. The number of ether oxygens (including phenoxy) is 1. The van der Waals surface area contributed by atoms with Gasteiger partial charge in [0.15, 0.2) is 0 Å². The maximum Gasteiger partial charge on any atom is 0.243 e. The zero-order valence-electron chi connectivity index (χ0n) is 17.8. The van der Waals surface area contributed by atoms with Gasteiger partial charge < -0.3 is 10.1 Å². The minimum Gasteiger partial charge on any atom is -0.494 e. The number of rotatable bonds is 10. The summed E-state index contributed by atoms with van der Waals surface area (Å²) >= 11 is 6.06. The molecule has 0 saturated heterocycles. The van der Waals surface area contributed by atoms with E-state index in [-0.39, 0.29) is 5.91 Å². The Hall–Kier alpha value is -2.25. The largest absolute Gasteiger partial charge is 0.494 e. The highest BCUT2D eigenvalue weighted by atomic mass is 35.5. The van der Waals surface area contributed by atoms with Crippen LogP contribution in [-0.2, 0) is 21.2 Å². The van der Waals surface area contributed by atoms with Crippen molar-refractivity contribution in [3.05, 3.63) is 58.6 Å². The average Bonchev–Trinajstić information content (AvgIpc) is 2.68. The molecule has 0 aliphatic carbocycles. The van der Waals surface area contributed by atoms with Crippen molar-refractivity contribution >= 4 is 33.2 Å². The van der Waals surface area contributed by atoms with Crippen LogP contribution < -0.4 is 14.4 Å². The van der Waals surface area contributed by atoms with Gasteiger partial charge in [-0.2, -0.15) is 0 Å². The maximum absolute atomic E-state index is 12.7. The first kappa shape index (κ1) is 24.0. The van der Waals surface area contributed by atoms with E-state index in [1.807, 2.05) is 31.2 Å². The van der Waals surface area contributed by atoms with Crippen LogP contribution in [0.5, 0.6) is 5.75 Å². The van der Waals surface area contributed by atoms with Gasteiger partial charge in [0.05, 0.1) is 18.6 Å². The molecule has 30 heavy (non-hydrogen) atoms. The Bertz CT molecular complexity index is 979. The van der Waals surface area contributed by atoms with Crippen molar-refractivity contribution in [2.45, 2.75) is 39.7 Å². The lowest BCUT2D eigenvalue weighted by Gasteiger charge is -2.29. The van der Waals surface area contributed by atoms with Gasteiger partial charge in [-0.25, -0.2) is 8.42 Å². The fourth-order valence-corrected chi connectivity index (χ4v) is 4.64. The molecule has 0 aromatic heterocycles. The lowest BCUT2D eigenvalue weighted by molar-refractivity contribution is -0.121. The zero-order chi connectivity index (χ0) is 22.3. The number of benzene rings is 2. The van der Waals surface area contributed by atoms with Gasteiger partial charge in [-0.3, -0.25) is 9.10 Å². The summed E-state index contributed by atoms with van der Waals surface area (Å²) < 4.78 is 31.6. The predicted molar refractivity (Wildman–Crippen MR) is 122 cm³/mol. The Morgan fingerprint density at radius 1 is 1.23 bits per heavy atom. The van der Waals surface area contributed by atoms with E-state index < -0.39 is 16.1 Å². The number of halogens is 1. The smallest absolute Gasteiger partial charge is 0.243 e. The molecule has 6 nitrogen and oxygen atoms in total. The van der Waals surface area contributed by atoms with Crippen molar-refractivity contribution in [3.63, 3.8) is 0 Å². The maximum atomic E-state index is 12.7. The summed E-state index contributed by atoms with van der Waals surface area (Å²) in [5.41, 5.74) is 2.20. The van der Waals surface area contributed by atoms with E-state index >= 15 is 0 Å². The lowest BCUT2D eigenvalue weighted by Crippen LogP contribution is -2.48. The molecule has 0 radical (unpaired) electrons. The standard InChI is InChI=1S/C22H29ClN2O4S/c1-5-29-21-11-7-6-9-18(21)10-8-14-24-22(26)17(3)25(30(4,27)28)20-15-19(23)13-12-16(20)2/h6-7,9,11-13,15,17H,5,8,10,14H2,1-4H3,(H,24,26)/t17-/m0/s1. The summed E-state index contributed by atoms with van der Waals surface area (Å²) in [5, 5.41) is 3.25. The highest BCUT2D eigenvalue weighted by Crippen LogP contribution is 2.28. The molecule has 0 aliphatic rings. The van der Waals surface area contributed by atoms with Gasteiger partial charge in [-0.05, 0) is 62.9 Å². The summed E-state index contributed by atoms with van der Waals surface area (Å²) in [5.74, 6) is 0.484. The Labute approximate surface area is 184 Å². The van der Waals surface area contributed by atoms with E-state index in [0.29, 0.717) is 30.3 Å². The normalized spacial score (nSPS) is 12.3. The Morgan fingerprint density at radius 3 is 2.60 bits per heavy atom. The first-order valence-corrected chi connectivity index (χ1v) is 12.1. The molecule has 0 unspecified atom stereocenters. The molecule has 2 aromatic carbocycles. The van der Waals surface area contributed by atoms with Crippen LogP contribution in [0, 0.1) is 6.92 Å². The van der Waals surface area contributed by atoms with Gasteiger partial charge in [0.2, 0.25) is 15.9 Å². The van der Waals surface area contributed by atoms with Crippen molar-refractivity contribution in [3.8, 4) is 5.75 Å². The average molecular weight is 453 g/mol. The number of aryl methyl sites for hydroxylation is 2. The van der Waals surface area contributed by atoms with E-state index in [2.05, 4.69) is 5.32 Å². The molecule has 0 bridgehead atoms. The first-order valence-electron chi connectivity index (χ1n) is 9.89. The number of amides is 1. The number of hydrogen-bond donors (Lipinski definition) is 1. The summed E-state index contributed by atoms with van der Waals surface area (Å²) in [6.07, 6.45) is 2.54. The molecule has 0 heterocycles. The topological polar surface area (TPSA) is 75.7 Å². The van der Waals surface area contributed by atoms with Crippen LogP contribution in [0.2, 0.25) is 5.02 Å². The van der Waals surface area contributed by atoms with Crippen molar-refractivity contribution in [1.29, 1.82) is 0 Å². The quantitative estimate of drug-likeness (QED) is 0.554. The monoisotopic (exact) mass is 452 g/mol. The second-order valence-electron chi connectivity index (χ2n) is 7.10. The van der Waals surface area contributed by atoms with Crippen LogP contribution in [0.4, 0.5) is 5.69 Å². The van der Waals surface area contributed by atoms with Gasteiger partial charge in [0.1, 0.15) is 11.8 Å². The number of hydrogen-bond acceptors (Lipinski definition) is 4. The Balaban J connectivity index is 2.04. The fourth-order valence-electron chi connectivity index (χ4n) is 3.25. The Kier molecular flexibility index (Phi) is 8.55. The minimum absolute atomic E-state index is 0.363. The zero-order valence-corrected chi connectivity index (χ0v) is 19.4. The van der Waals surface area contributed by atoms with E-state index in [4.69, 9.17) is 16.3 Å². The van der Waals surface area contributed by atoms with Crippen LogP contribution in [0.15, 0.2) is 42.5 Å². The number of sulfonamides is 1. The van der Waals surface area contributed by atoms with Crippen molar-refractivity contribution in [2.24, 2.45) is 0 Å². The molecule has 1 amide bonds. The third-order valence-corrected chi connectivity index (χ3v) is 6.15. The van der Waals surface area contributed by atoms with Crippen LogP contribution in [-0.4, -0.2) is 39.8 Å². The first-order chi connectivity index (χ1) is 14.1. The van der Waals surface area contributed by atoms with Crippen molar-refractivity contribution in [1.82, 2.24) is 5.32 Å². The molecule has 2 rings (SSSR count). The molecule has 0 aliphatic heterocycles. The molecular weight excluding hydrogens is 424 g/mol. The molecule has 1 N–H and O–H groups in total. The number of carbonyl (C=O) groups is 1. The lowest BCUT2D eigenvalue weighted by atomic mass is 10.1. The summed E-state index contributed by atoms with van der Waals surface area (Å²) in [6.45, 7) is 6.31. The van der Waals surface area contributed by atoms with Gasteiger partial charge in [0, 0.05) is 11.6 Å². The predicted octanol–water partition coefficient (Wildman–Crippen LogP) is 3.95. The molecule has 0 spiro atoms. The molecular formula is C22H29ClN2O4S. The van der Waals surface area contributed by atoms with Crippen LogP contribution in [0.25, 0.3) is 0 Å². The fraction of sp³-hybridized carbons (Fsp3) is 0.409. The number of anilines is 1. The highest BCUT2D eigenvalue weighted by Gasteiger charge is 2.30. The van der Waals surface area contributed by atoms with E-state index in [0.717, 1.165) is 33.9 Å². The van der Waals surface area contributed by atoms with Gasteiger partial charge in [0.25, 0.3) is 0 Å². The highest BCUT2D eigenvalue weighted by molar-refractivity contribution is 7.92. The third-order valence-electron chi connectivity index (χ3n) is 4.69. The van der Waals surface area contributed by atoms with E-state index in [1.165, 1.54) is 0 Å². The van der Waals surface area contributed by atoms with Gasteiger partial charge in [-0.15, -0.1) is 0 Å². The van der Waals surface area contributed by atoms with Crippen LogP contribution in [0.3, 0.4) is 0 Å². The van der Waals surface area contributed by atoms with Crippen LogP contribution >= 0.6 is 11.6 Å². The van der Waals surface area contributed by atoms with Crippen molar-refractivity contribution in [2.75, 3.05) is 23.7 Å². The molecule has 0 saturated carbocycles. The molecule has 2 aromatic rings. The molecule has 164 valence electrons. The third kappa shape index (κ3) is 6.37. The SMILES string of the molecule is CCOc1ccccc1CCCNC(=O)[C@H](C)N(c1cc(Cl)ccc1C)S(C)(=O)=O. The number of nitrogens with one attached hydrogen (secondary N) is 1. The molecule has 1 atom stereocenters.